The Kier molecular flexibility index (Phi) is 7.41. The summed E-state index contributed by atoms with van der Waals surface area (Å²) in [6, 6.07) is 7.49. The highest BCUT2D eigenvalue weighted by atomic mass is 35.5. The number of likely N-dealkylation sites (N-methyl/N-ethyl adjacent to an activating group) is 1. The first kappa shape index (κ1) is 16.8. The number of amides is 1. The predicted octanol–water partition coefficient (Wildman–Crippen LogP) is 2.57. The average molecular weight is 299 g/mol. The Balaban J connectivity index is 2.14. The van der Waals surface area contributed by atoms with Gasteiger partial charge in [0.1, 0.15) is 5.75 Å². The molecule has 0 spiro atoms. The fourth-order valence-corrected chi connectivity index (χ4v) is 1.87. The largest absolute Gasteiger partial charge is 0.494 e. The van der Waals surface area contributed by atoms with Crippen LogP contribution in [-0.2, 0) is 4.79 Å². The van der Waals surface area contributed by atoms with Crippen LogP contribution in [0.5, 0.6) is 5.75 Å². The van der Waals surface area contributed by atoms with Crippen molar-refractivity contribution in [3.05, 3.63) is 29.3 Å². The lowest BCUT2D eigenvalue weighted by atomic mass is 10.3. The van der Waals surface area contributed by atoms with E-state index in [0.717, 1.165) is 18.7 Å². The summed E-state index contributed by atoms with van der Waals surface area (Å²) in [6.45, 7) is 5.77. The van der Waals surface area contributed by atoms with Crippen molar-refractivity contribution in [1.82, 2.24) is 10.2 Å². The van der Waals surface area contributed by atoms with Gasteiger partial charge in [-0.1, -0.05) is 11.6 Å². The van der Waals surface area contributed by atoms with E-state index < -0.39 is 0 Å². The first-order chi connectivity index (χ1) is 9.47. The maximum absolute atomic E-state index is 11.6. The zero-order chi connectivity index (χ0) is 15.0. The normalized spacial score (nSPS) is 10.9. The average Bonchev–Trinajstić information content (AvgIpc) is 2.35. The molecule has 1 aromatic carbocycles. The number of carbonyl (C=O) groups excluding carboxylic acids is 1. The number of nitrogens with zero attached hydrogens (tertiary/aromatic N) is 1. The monoisotopic (exact) mass is 298 g/mol. The molecule has 0 heterocycles. The van der Waals surface area contributed by atoms with Crippen LogP contribution in [0.25, 0.3) is 0 Å². The highest BCUT2D eigenvalue weighted by Crippen LogP contribution is 2.15. The third kappa shape index (κ3) is 7.36. The van der Waals surface area contributed by atoms with Crippen molar-refractivity contribution < 1.29 is 9.53 Å². The lowest BCUT2D eigenvalue weighted by Crippen LogP contribution is -2.39. The van der Waals surface area contributed by atoms with Gasteiger partial charge in [0, 0.05) is 17.6 Å². The number of rotatable bonds is 8. The molecule has 0 saturated heterocycles. The van der Waals surface area contributed by atoms with Crippen LogP contribution >= 0.6 is 11.6 Å². The van der Waals surface area contributed by atoms with Crippen molar-refractivity contribution in [3.8, 4) is 5.75 Å². The Morgan fingerprint density at radius 2 is 2.00 bits per heavy atom. The predicted molar refractivity (Wildman–Crippen MR) is 82.3 cm³/mol. The topological polar surface area (TPSA) is 41.6 Å². The minimum atomic E-state index is 0.0566. The minimum Gasteiger partial charge on any atom is -0.494 e. The second-order valence-electron chi connectivity index (χ2n) is 5.12. The van der Waals surface area contributed by atoms with Crippen LogP contribution in [0.2, 0.25) is 5.02 Å². The number of nitrogens with one attached hydrogen (secondary N) is 1. The van der Waals surface area contributed by atoms with E-state index in [9.17, 15) is 4.79 Å². The molecule has 1 N–H and O–H groups in total. The van der Waals surface area contributed by atoms with Crippen molar-refractivity contribution in [1.29, 1.82) is 0 Å². The SMILES string of the molecule is CC(C)NC(=O)CN(C)CCCOc1ccc(Cl)cc1. The molecule has 0 saturated carbocycles. The van der Waals surface area contributed by atoms with Crippen molar-refractivity contribution in [2.45, 2.75) is 26.3 Å². The highest BCUT2D eigenvalue weighted by molar-refractivity contribution is 6.30. The first-order valence-electron chi connectivity index (χ1n) is 6.83. The van der Waals surface area contributed by atoms with Gasteiger partial charge in [0.15, 0.2) is 0 Å². The Morgan fingerprint density at radius 3 is 2.60 bits per heavy atom. The van der Waals surface area contributed by atoms with Crippen LogP contribution in [-0.4, -0.2) is 43.6 Å². The second-order valence-corrected chi connectivity index (χ2v) is 5.55. The lowest BCUT2D eigenvalue weighted by molar-refractivity contribution is -0.122. The molecule has 1 amide bonds. The van der Waals surface area contributed by atoms with E-state index in [1.807, 2.05) is 37.9 Å². The lowest BCUT2D eigenvalue weighted by Gasteiger charge is -2.17. The van der Waals surface area contributed by atoms with E-state index in [0.29, 0.717) is 18.2 Å². The number of carbonyl (C=O) groups is 1. The molecule has 0 radical (unpaired) electrons. The summed E-state index contributed by atoms with van der Waals surface area (Å²) < 4.78 is 5.60. The molecule has 0 aliphatic carbocycles. The van der Waals surface area contributed by atoms with Crippen molar-refractivity contribution >= 4 is 17.5 Å². The molecule has 4 nitrogen and oxygen atoms in total. The summed E-state index contributed by atoms with van der Waals surface area (Å²) in [4.78, 5) is 13.5. The van der Waals surface area contributed by atoms with Crippen LogP contribution in [0.3, 0.4) is 0 Å². The van der Waals surface area contributed by atoms with Crippen LogP contribution < -0.4 is 10.1 Å². The van der Waals surface area contributed by atoms with Crippen LogP contribution in [0.15, 0.2) is 24.3 Å². The van der Waals surface area contributed by atoms with Crippen LogP contribution in [0.1, 0.15) is 20.3 Å². The van der Waals surface area contributed by atoms with Gasteiger partial charge in [-0.05, 0) is 51.6 Å². The van der Waals surface area contributed by atoms with Crippen molar-refractivity contribution in [2.24, 2.45) is 0 Å². The Bertz CT molecular complexity index is 407. The van der Waals surface area contributed by atoms with Gasteiger partial charge in [-0.2, -0.15) is 0 Å². The minimum absolute atomic E-state index is 0.0566. The molecule has 0 unspecified atom stereocenters. The summed E-state index contributed by atoms with van der Waals surface area (Å²) in [5, 5.41) is 3.57. The third-order valence-electron chi connectivity index (χ3n) is 2.63. The molecule has 0 fully saturated rings. The van der Waals surface area contributed by atoms with E-state index in [-0.39, 0.29) is 11.9 Å². The molecule has 0 aromatic heterocycles. The summed E-state index contributed by atoms with van der Waals surface area (Å²) in [6.07, 6.45) is 0.869. The molecule has 0 aliphatic rings. The third-order valence-corrected chi connectivity index (χ3v) is 2.88. The number of halogens is 1. The summed E-state index contributed by atoms with van der Waals surface area (Å²) in [5.74, 6) is 0.871. The smallest absolute Gasteiger partial charge is 0.234 e. The molecule has 0 aliphatic heterocycles. The standard InChI is InChI=1S/C15H23ClN2O2/c1-12(2)17-15(19)11-18(3)9-4-10-20-14-7-5-13(16)6-8-14/h5-8,12H,4,9-11H2,1-3H3,(H,17,19). The van der Waals surface area contributed by atoms with Crippen molar-refractivity contribution in [3.63, 3.8) is 0 Å². The number of hydrogen-bond acceptors (Lipinski definition) is 3. The number of benzene rings is 1. The van der Waals surface area contributed by atoms with Crippen LogP contribution in [0.4, 0.5) is 0 Å². The molecule has 112 valence electrons. The van der Waals surface area contributed by atoms with Gasteiger partial charge >= 0.3 is 0 Å². The zero-order valence-corrected chi connectivity index (χ0v) is 13.1. The summed E-state index contributed by atoms with van der Waals surface area (Å²) >= 11 is 5.80. The van der Waals surface area contributed by atoms with E-state index in [1.165, 1.54) is 0 Å². The van der Waals surface area contributed by atoms with E-state index in [4.69, 9.17) is 16.3 Å². The molecular weight excluding hydrogens is 276 g/mol. The first-order valence-corrected chi connectivity index (χ1v) is 7.21. The van der Waals surface area contributed by atoms with Gasteiger partial charge in [-0.15, -0.1) is 0 Å². The molecule has 0 atom stereocenters. The van der Waals surface area contributed by atoms with E-state index >= 15 is 0 Å². The van der Waals surface area contributed by atoms with Gasteiger partial charge in [0.25, 0.3) is 0 Å². The van der Waals surface area contributed by atoms with Crippen LogP contribution in [0, 0.1) is 0 Å². The summed E-state index contributed by atoms with van der Waals surface area (Å²) in [7, 11) is 1.93. The number of ether oxygens (including phenoxy) is 1. The van der Waals surface area contributed by atoms with E-state index in [1.54, 1.807) is 12.1 Å². The molecule has 0 bridgehead atoms. The quantitative estimate of drug-likeness (QED) is 0.750. The Morgan fingerprint density at radius 1 is 1.35 bits per heavy atom. The van der Waals surface area contributed by atoms with Gasteiger partial charge in [-0.25, -0.2) is 0 Å². The highest BCUT2D eigenvalue weighted by Gasteiger charge is 2.07. The van der Waals surface area contributed by atoms with Gasteiger partial charge < -0.3 is 10.1 Å². The maximum Gasteiger partial charge on any atom is 0.234 e. The molecule has 1 aromatic rings. The molecule has 20 heavy (non-hydrogen) atoms. The fourth-order valence-electron chi connectivity index (χ4n) is 1.75. The Hall–Kier alpha value is -1.26. The molecular formula is C15H23ClN2O2. The zero-order valence-electron chi connectivity index (χ0n) is 12.4. The molecule has 1 rings (SSSR count). The van der Waals surface area contributed by atoms with E-state index in [2.05, 4.69) is 5.32 Å². The maximum atomic E-state index is 11.6. The fraction of sp³-hybridized carbons (Fsp3) is 0.533. The summed E-state index contributed by atoms with van der Waals surface area (Å²) in [5.41, 5.74) is 0. The van der Waals surface area contributed by atoms with Gasteiger partial charge in [-0.3, -0.25) is 9.69 Å². The number of hydrogen-bond donors (Lipinski definition) is 1. The van der Waals surface area contributed by atoms with Gasteiger partial charge in [0.2, 0.25) is 5.91 Å². The Labute approximate surface area is 126 Å². The van der Waals surface area contributed by atoms with Crippen molar-refractivity contribution in [2.75, 3.05) is 26.7 Å². The second kappa shape index (κ2) is 8.82. The van der Waals surface area contributed by atoms with Gasteiger partial charge in [0.05, 0.1) is 13.2 Å². The molecule has 5 heteroatoms.